The molecule has 0 atom stereocenters. The molecule has 3 aromatic rings. The molecule has 0 bridgehead atoms. The summed E-state index contributed by atoms with van der Waals surface area (Å²) in [5, 5.41) is 16.3. The molecule has 8 heteroatoms. The maximum atomic E-state index is 13.2. The van der Waals surface area contributed by atoms with Crippen molar-refractivity contribution in [3.8, 4) is 16.9 Å². The Morgan fingerprint density at radius 1 is 1.03 bits per heavy atom. The van der Waals surface area contributed by atoms with Crippen LogP contribution in [-0.2, 0) is 0 Å². The summed E-state index contributed by atoms with van der Waals surface area (Å²) < 4.78 is 1.47. The first kappa shape index (κ1) is 19.1. The van der Waals surface area contributed by atoms with Crippen LogP contribution in [0.1, 0.15) is 29.8 Å². The highest BCUT2D eigenvalue weighted by atomic mass is 35.5. The number of benzene rings is 2. The number of halogens is 1. The second-order valence-electron chi connectivity index (χ2n) is 6.94. The number of carbonyl (C=O) groups excluding carboxylic acids is 1. The summed E-state index contributed by atoms with van der Waals surface area (Å²) in [4.78, 5) is 25.8. The molecule has 2 aromatic carbocycles. The van der Waals surface area contributed by atoms with Gasteiger partial charge in [0.2, 0.25) is 0 Å². The highest BCUT2D eigenvalue weighted by Crippen LogP contribution is 2.29. The molecule has 0 N–H and O–H groups in total. The number of nitro groups is 1. The third-order valence-electron chi connectivity index (χ3n) is 5.01. The summed E-state index contributed by atoms with van der Waals surface area (Å²) in [7, 11) is 0. The van der Waals surface area contributed by atoms with E-state index >= 15 is 0 Å². The van der Waals surface area contributed by atoms with Gasteiger partial charge in [0.15, 0.2) is 0 Å². The Balaban J connectivity index is 1.84. The number of piperidine rings is 1. The van der Waals surface area contributed by atoms with E-state index in [0.717, 1.165) is 19.3 Å². The SMILES string of the molecule is O=C(c1cc(-c2ccccc2Cl)nn1-c1cccc([N+](=O)[O-])c1)N1CCCCC1. The molecule has 1 aliphatic heterocycles. The van der Waals surface area contributed by atoms with E-state index in [2.05, 4.69) is 5.10 Å². The van der Waals surface area contributed by atoms with Gasteiger partial charge in [-0.05, 0) is 37.5 Å². The van der Waals surface area contributed by atoms with E-state index in [1.54, 1.807) is 24.3 Å². The van der Waals surface area contributed by atoms with Crippen LogP contribution < -0.4 is 0 Å². The van der Waals surface area contributed by atoms with Gasteiger partial charge in [-0.25, -0.2) is 4.68 Å². The summed E-state index contributed by atoms with van der Waals surface area (Å²) in [5.41, 5.74) is 2.00. The van der Waals surface area contributed by atoms with Gasteiger partial charge in [0.25, 0.3) is 11.6 Å². The Kier molecular flexibility index (Phi) is 5.31. The lowest BCUT2D eigenvalue weighted by Crippen LogP contribution is -2.36. The van der Waals surface area contributed by atoms with Crippen molar-refractivity contribution in [1.29, 1.82) is 0 Å². The predicted octanol–water partition coefficient (Wildman–Crippen LogP) is 4.73. The van der Waals surface area contributed by atoms with Crippen LogP contribution in [0.25, 0.3) is 16.9 Å². The molecular formula is C21H19ClN4O3. The third kappa shape index (κ3) is 3.86. The summed E-state index contributed by atoms with van der Waals surface area (Å²) in [5.74, 6) is -0.137. The van der Waals surface area contributed by atoms with Crippen molar-refractivity contribution in [3.05, 3.63) is 75.4 Å². The Hall–Kier alpha value is -3.19. The molecule has 1 saturated heterocycles. The minimum absolute atomic E-state index is 0.0614. The van der Waals surface area contributed by atoms with Gasteiger partial charge in [0.05, 0.1) is 21.3 Å². The minimum atomic E-state index is -0.464. The van der Waals surface area contributed by atoms with Crippen LogP contribution in [0.15, 0.2) is 54.6 Å². The largest absolute Gasteiger partial charge is 0.337 e. The average molecular weight is 411 g/mol. The molecule has 0 saturated carbocycles. The number of rotatable bonds is 4. The molecule has 29 heavy (non-hydrogen) atoms. The van der Waals surface area contributed by atoms with E-state index in [1.165, 1.54) is 16.8 Å². The first-order valence-electron chi connectivity index (χ1n) is 9.43. The van der Waals surface area contributed by atoms with Gasteiger partial charge < -0.3 is 4.90 Å². The number of nitrogens with zero attached hydrogens (tertiary/aromatic N) is 4. The van der Waals surface area contributed by atoms with Gasteiger partial charge in [-0.3, -0.25) is 14.9 Å². The molecule has 0 unspecified atom stereocenters. The molecule has 1 fully saturated rings. The van der Waals surface area contributed by atoms with Gasteiger partial charge in [0, 0.05) is 30.8 Å². The molecular weight excluding hydrogens is 392 g/mol. The van der Waals surface area contributed by atoms with E-state index in [0.29, 0.717) is 40.8 Å². The van der Waals surface area contributed by atoms with Crippen LogP contribution in [0, 0.1) is 10.1 Å². The molecule has 0 aliphatic carbocycles. The van der Waals surface area contributed by atoms with Crippen LogP contribution in [0.4, 0.5) is 5.69 Å². The lowest BCUT2D eigenvalue weighted by Gasteiger charge is -2.26. The topological polar surface area (TPSA) is 81.3 Å². The lowest BCUT2D eigenvalue weighted by molar-refractivity contribution is -0.384. The quantitative estimate of drug-likeness (QED) is 0.460. The van der Waals surface area contributed by atoms with Gasteiger partial charge in [-0.1, -0.05) is 35.9 Å². The first-order valence-corrected chi connectivity index (χ1v) is 9.81. The van der Waals surface area contributed by atoms with E-state index in [-0.39, 0.29) is 11.6 Å². The zero-order valence-electron chi connectivity index (χ0n) is 15.6. The van der Waals surface area contributed by atoms with Crippen molar-refractivity contribution in [2.24, 2.45) is 0 Å². The van der Waals surface area contributed by atoms with E-state index in [9.17, 15) is 14.9 Å². The van der Waals surface area contributed by atoms with Crippen LogP contribution in [0.2, 0.25) is 5.02 Å². The van der Waals surface area contributed by atoms with Crippen molar-refractivity contribution < 1.29 is 9.72 Å². The fraction of sp³-hybridized carbons (Fsp3) is 0.238. The Morgan fingerprint density at radius 3 is 2.52 bits per heavy atom. The highest BCUT2D eigenvalue weighted by Gasteiger charge is 2.25. The Morgan fingerprint density at radius 2 is 1.79 bits per heavy atom. The summed E-state index contributed by atoms with van der Waals surface area (Å²) in [6, 6.07) is 15.1. The second kappa shape index (κ2) is 8.05. The number of hydrogen-bond donors (Lipinski definition) is 0. The standard InChI is InChI=1S/C21H19ClN4O3/c22-18-10-3-2-9-17(18)19-14-20(21(27)24-11-4-1-5-12-24)25(23-19)15-7-6-8-16(13-15)26(28)29/h2-3,6-10,13-14H,1,4-5,11-12H2. The molecule has 0 spiro atoms. The van der Waals surface area contributed by atoms with Crippen molar-refractivity contribution in [2.45, 2.75) is 19.3 Å². The average Bonchev–Trinajstić information content (AvgIpc) is 3.19. The highest BCUT2D eigenvalue weighted by molar-refractivity contribution is 6.33. The van der Waals surface area contributed by atoms with Crippen molar-refractivity contribution in [1.82, 2.24) is 14.7 Å². The van der Waals surface area contributed by atoms with Crippen LogP contribution in [0.3, 0.4) is 0 Å². The third-order valence-corrected chi connectivity index (χ3v) is 5.34. The molecule has 7 nitrogen and oxygen atoms in total. The fourth-order valence-electron chi connectivity index (χ4n) is 3.53. The van der Waals surface area contributed by atoms with Gasteiger partial charge >= 0.3 is 0 Å². The van der Waals surface area contributed by atoms with Gasteiger partial charge in [-0.15, -0.1) is 0 Å². The maximum absolute atomic E-state index is 13.2. The van der Waals surface area contributed by atoms with Crippen molar-refractivity contribution >= 4 is 23.2 Å². The second-order valence-corrected chi connectivity index (χ2v) is 7.34. The normalized spacial score (nSPS) is 14.0. The molecule has 2 heterocycles. The lowest BCUT2D eigenvalue weighted by atomic mass is 10.1. The van der Waals surface area contributed by atoms with E-state index < -0.39 is 4.92 Å². The predicted molar refractivity (Wildman–Crippen MR) is 110 cm³/mol. The fourth-order valence-corrected chi connectivity index (χ4v) is 3.76. The molecule has 1 aromatic heterocycles. The number of carbonyl (C=O) groups is 1. The molecule has 1 amide bonds. The summed E-state index contributed by atoms with van der Waals surface area (Å²) in [6.45, 7) is 1.39. The van der Waals surface area contributed by atoms with Gasteiger partial charge in [-0.2, -0.15) is 5.10 Å². The van der Waals surface area contributed by atoms with Crippen molar-refractivity contribution in [2.75, 3.05) is 13.1 Å². The Labute approximate surface area is 172 Å². The minimum Gasteiger partial charge on any atom is -0.337 e. The number of nitro benzene ring substituents is 1. The number of non-ortho nitro benzene ring substituents is 1. The number of amides is 1. The zero-order valence-corrected chi connectivity index (χ0v) is 16.4. The molecule has 148 valence electrons. The zero-order chi connectivity index (χ0) is 20.4. The summed E-state index contributed by atoms with van der Waals surface area (Å²) in [6.07, 6.45) is 3.04. The summed E-state index contributed by atoms with van der Waals surface area (Å²) >= 11 is 6.33. The van der Waals surface area contributed by atoms with Crippen LogP contribution in [-0.4, -0.2) is 38.6 Å². The van der Waals surface area contributed by atoms with Crippen LogP contribution >= 0.6 is 11.6 Å². The van der Waals surface area contributed by atoms with E-state index in [1.807, 2.05) is 23.1 Å². The van der Waals surface area contributed by atoms with Crippen LogP contribution in [0.5, 0.6) is 0 Å². The molecule has 0 radical (unpaired) electrons. The van der Waals surface area contributed by atoms with Gasteiger partial charge in [0.1, 0.15) is 5.69 Å². The van der Waals surface area contributed by atoms with Crippen molar-refractivity contribution in [3.63, 3.8) is 0 Å². The smallest absolute Gasteiger partial charge is 0.272 e. The first-order chi connectivity index (χ1) is 14.0. The Bertz CT molecular complexity index is 1070. The number of aromatic nitrogens is 2. The maximum Gasteiger partial charge on any atom is 0.272 e. The molecule has 4 rings (SSSR count). The molecule has 1 aliphatic rings. The number of likely N-dealkylation sites (tertiary alicyclic amines) is 1. The number of hydrogen-bond acceptors (Lipinski definition) is 4. The van der Waals surface area contributed by atoms with E-state index in [4.69, 9.17) is 11.6 Å². The monoisotopic (exact) mass is 410 g/mol.